The van der Waals surface area contributed by atoms with E-state index in [9.17, 15) is 4.79 Å². The molecule has 1 aromatic heterocycles. The number of hydrogen-bond acceptors (Lipinski definition) is 5. The second-order valence-electron chi connectivity index (χ2n) is 5.39. The van der Waals surface area contributed by atoms with Crippen LogP contribution >= 0.6 is 12.2 Å². The summed E-state index contributed by atoms with van der Waals surface area (Å²) in [6.45, 7) is 2.02. The zero-order valence-corrected chi connectivity index (χ0v) is 14.6. The third kappa shape index (κ3) is 3.72. The molecular formula is C18H16N4O2S. The van der Waals surface area contributed by atoms with Gasteiger partial charge in [0.05, 0.1) is 18.9 Å². The zero-order chi connectivity index (χ0) is 17.8. The fraction of sp³-hybridized carbons (Fsp3) is 0.111. The summed E-state index contributed by atoms with van der Waals surface area (Å²) < 4.78 is 6.65. The molecular weight excluding hydrogens is 336 g/mol. The molecule has 0 amide bonds. The van der Waals surface area contributed by atoms with E-state index in [-0.39, 0.29) is 5.97 Å². The maximum atomic E-state index is 11.5. The summed E-state index contributed by atoms with van der Waals surface area (Å²) in [6, 6.07) is 14.9. The molecule has 0 radical (unpaired) electrons. The van der Waals surface area contributed by atoms with Gasteiger partial charge in [-0.3, -0.25) is 0 Å². The Balaban J connectivity index is 1.91. The first-order valence-corrected chi connectivity index (χ1v) is 7.96. The Morgan fingerprint density at radius 2 is 2.04 bits per heavy atom. The molecule has 7 heteroatoms. The van der Waals surface area contributed by atoms with Crippen LogP contribution in [-0.2, 0) is 4.74 Å². The monoisotopic (exact) mass is 352 g/mol. The minimum absolute atomic E-state index is 0.373. The van der Waals surface area contributed by atoms with Crippen molar-refractivity contribution in [3.05, 3.63) is 70.0 Å². The fourth-order valence-electron chi connectivity index (χ4n) is 2.32. The Morgan fingerprint density at radius 3 is 2.72 bits per heavy atom. The standard InChI is InChI=1S/C18H16N4O2S/c1-12-4-3-5-15(10-12)16-20-21-18(25)22(16)19-11-13-6-8-14(9-7-13)17(23)24-2/h3-11H,1-2H3,(H,21,25)/b19-11-. The lowest BCUT2D eigenvalue weighted by atomic mass is 10.1. The smallest absolute Gasteiger partial charge is 0.337 e. The minimum atomic E-state index is -0.373. The van der Waals surface area contributed by atoms with Gasteiger partial charge in [0.25, 0.3) is 0 Å². The number of H-pyrrole nitrogens is 1. The Labute approximate surface area is 149 Å². The number of rotatable bonds is 4. The van der Waals surface area contributed by atoms with E-state index in [0.717, 1.165) is 16.7 Å². The molecule has 0 unspecified atom stereocenters. The number of carbonyl (C=O) groups is 1. The molecule has 0 aliphatic carbocycles. The highest BCUT2D eigenvalue weighted by Gasteiger charge is 2.08. The summed E-state index contributed by atoms with van der Waals surface area (Å²) in [5.41, 5.74) is 3.36. The summed E-state index contributed by atoms with van der Waals surface area (Å²) >= 11 is 5.26. The first kappa shape index (κ1) is 16.8. The van der Waals surface area contributed by atoms with E-state index in [1.165, 1.54) is 7.11 Å². The second kappa shape index (κ2) is 7.23. The lowest BCUT2D eigenvalue weighted by molar-refractivity contribution is 0.0600. The van der Waals surface area contributed by atoms with Crippen LogP contribution in [0.5, 0.6) is 0 Å². The molecule has 0 aliphatic heterocycles. The van der Waals surface area contributed by atoms with Gasteiger partial charge in [0.15, 0.2) is 5.82 Å². The van der Waals surface area contributed by atoms with Crippen molar-refractivity contribution in [1.29, 1.82) is 0 Å². The maximum Gasteiger partial charge on any atom is 0.337 e. The highest BCUT2D eigenvalue weighted by molar-refractivity contribution is 7.71. The van der Waals surface area contributed by atoms with Crippen molar-refractivity contribution in [3.63, 3.8) is 0 Å². The average Bonchev–Trinajstić information content (AvgIpc) is 3.00. The number of aryl methyl sites for hydroxylation is 1. The molecule has 1 heterocycles. The van der Waals surface area contributed by atoms with Gasteiger partial charge in [-0.2, -0.15) is 14.9 Å². The third-order valence-electron chi connectivity index (χ3n) is 3.58. The van der Waals surface area contributed by atoms with E-state index >= 15 is 0 Å². The van der Waals surface area contributed by atoms with Crippen molar-refractivity contribution in [1.82, 2.24) is 14.9 Å². The number of carbonyl (C=O) groups excluding carboxylic acids is 1. The van der Waals surface area contributed by atoms with Crippen LogP contribution in [0.25, 0.3) is 11.4 Å². The molecule has 0 atom stereocenters. The number of ether oxygens (including phenoxy) is 1. The SMILES string of the molecule is COC(=O)c1ccc(/C=N\n2c(-c3cccc(C)c3)n[nH]c2=S)cc1. The normalized spacial score (nSPS) is 11.0. The third-order valence-corrected chi connectivity index (χ3v) is 3.84. The average molecular weight is 352 g/mol. The Kier molecular flexibility index (Phi) is 4.85. The van der Waals surface area contributed by atoms with Crippen molar-refractivity contribution < 1.29 is 9.53 Å². The molecule has 0 bridgehead atoms. The van der Waals surface area contributed by atoms with E-state index in [1.807, 2.05) is 31.2 Å². The number of methoxy groups -OCH3 is 1. The molecule has 6 nitrogen and oxygen atoms in total. The first-order chi connectivity index (χ1) is 12.1. The fourth-order valence-corrected chi connectivity index (χ4v) is 2.50. The molecule has 2 aromatic carbocycles. The van der Waals surface area contributed by atoms with Gasteiger partial charge in [0.2, 0.25) is 4.77 Å². The first-order valence-electron chi connectivity index (χ1n) is 7.55. The molecule has 3 aromatic rings. The molecule has 25 heavy (non-hydrogen) atoms. The van der Waals surface area contributed by atoms with E-state index in [2.05, 4.69) is 20.0 Å². The number of nitrogens with one attached hydrogen (secondary N) is 1. The second-order valence-corrected chi connectivity index (χ2v) is 5.78. The van der Waals surface area contributed by atoms with Gasteiger partial charge >= 0.3 is 5.97 Å². The summed E-state index contributed by atoms with van der Waals surface area (Å²) in [6.07, 6.45) is 1.66. The predicted octanol–water partition coefficient (Wildman–Crippen LogP) is 3.58. The van der Waals surface area contributed by atoms with Crippen LogP contribution in [-0.4, -0.2) is 34.2 Å². The molecule has 0 aliphatic rings. The van der Waals surface area contributed by atoms with Gasteiger partial charge in [-0.1, -0.05) is 35.9 Å². The zero-order valence-electron chi connectivity index (χ0n) is 13.8. The highest BCUT2D eigenvalue weighted by Crippen LogP contribution is 2.18. The van der Waals surface area contributed by atoms with Crippen LogP contribution in [0.15, 0.2) is 53.6 Å². The molecule has 126 valence electrons. The molecule has 1 N–H and O–H groups in total. The van der Waals surface area contributed by atoms with Crippen LogP contribution in [0.3, 0.4) is 0 Å². The summed E-state index contributed by atoms with van der Waals surface area (Å²) in [5.74, 6) is 0.262. The van der Waals surface area contributed by atoms with Gasteiger partial charge < -0.3 is 4.74 Å². The molecule has 0 saturated heterocycles. The number of hydrogen-bond donors (Lipinski definition) is 1. The Hall–Kier alpha value is -3.06. The highest BCUT2D eigenvalue weighted by atomic mass is 32.1. The van der Waals surface area contributed by atoms with Crippen LogP contribution < -0.4 is 0 Å². The van der Waals surface area contributed by atoms with Gasteiger partial charge in [-0.05, 0) is 42.9 Å². The van der Waals surface area contributed by atoms with Gasteiger partial charge in [-0.25, -0.2) is 9.89 Å². The molecule has 0 saturated carbocycles. The van der Waals surface area contributed by atoms with Crippen molar-refractivity contribution in [2.45, 2.75) is 6.92 Å². The summed E-state index contributed by atoms with van der Waals surface area (Å²) in [7, 11) is 1.35. The number of aromatic nitrogens is 3. The molecule has 0 spiro atoms. The van der Waals surface area contributed by atoms with Crippen molar-refractivity contribution in [2.24, 2.45) is 5.10 Å². The predicted molar refractivity (Wildman–Crippen MR) is 98.4 cm³/mol. The lowest BCUT2D eigenvalue weighted by Gasteiger charge is -2.02. The summed E-state index contributed by atoms with van der Waals surface area (Å²) in [4.78, 5) is 11.5. The molecule has 3 rings (SSSR count). The van der Waals surface area contributed by atoms with Crippen molar-refractivity contribution >= 4 is 24.4 Å². The van der Waals surface area contributed by atoms with Crippen molar-refractivity contribution in [3.8, 4) is 11.4 Å². The van der Waals surface area contributed by atoms with Crippen LogP contribution in [0.4, 0.5) is 0 Å². The quantitative estimate of drug-likeness (QED) is 0.442. The van der Waals surface area contributed by atoms with E-state index < -0.39 is 0 Å². The van der Waals surface area contributed by atoms with Crippen LogP contribution in [0.1, 0.15) is 21.5 Å². The number of nitrogens with zero attached hydrogens (tertiary/aromatic N) is 3. The van der Waals surface area contributed by atoms with E-state index in [0.29, 0.717) is 16.2 Å². The Bertz CT molecular complexity index is 987. The summed E-state index contributed by atoms with van der Waals surface area (Å²) in [5, 5.41) is 11.4. The van der Waals surface area contributed by atoms with Crippen LogP contribution in [0, 0.1) is 11.7 Å². The van der Waals surface area contributed by atoms with Gasteiger partial charge in [0, 0.05) is 5.56 Å². The van der Waals surface area contributed by atoms with Crippen LogP contribution in [0.2, 0.25) is 0 Å². The topological polar surface area (TPSA) is 72.3 Å². The van der Waals surface area contributed by atoms with Crippen molar-refractivity contribution in [2.75, 3.05) is 7.11 Å². The minimum Gasteiger partial charge on any atom is -0.465 e. The van der Waals surface area contributed by atoms with Gasteiger partial charge in [-0.15, -0.1) is 0 Å². The number of esters is 1. The maximum absolute atomic E-state index is 11.5. The largest absolute Gasteiger partial charge is 0.465 e. The number of benzene rings is 2. The molecule has 0 fully saturated rings. The Morgan fingerprint density at radius 1 is 1.28 bits per heavy atom. The van der Waals surface area contributed by atoms with E-state index in [4.69, 9.17) is 12.2 Å². The lowest BCUT2D eigenvalue weighted by Crippen LogP contribution is -2.01. The van der Waals surface area contributed by atoms with Gasteiger partial charge in [0.1, 0.15) is 0 Å². The van der Waals surface area contributed by atoms with E-state index in [1.54, 1.807) is 35.2 Å². The number of aromatic amines is 1.